The number of nitrogens with zero attached hydrogens (tertiary/aromatic N) is 2. The van der Waals surface area contributed by atoms with Gasteiger partial charge >= 0.3 is 0 Å². The summed E-state index contributed by atoms with van der Waals surface area (Å²) in [4.78, 5) is 24.9. The highest BCUT2D eigenvalue weighted by Crippen LogP contribution is 2.25. The lowest BCUT2D eigenvalue weighted by molar-refractivity contribution is -0.125. The van der Waals surface area contributed by atoms with Crippen molar-refractivity contribution in [3.05, 3.63) is 66.2 Å². The van der Waals surface area contributed by atoms with Gasteiger partial charge in [0, 0.05) is 30.5 Å². The molecule has 0 bridgehead atoms. The molecule has 2 N–H and O–H groups in total. The van der Waals surface area contributed by atoms with Crippen molar-refractivity contribution in [3.63, 3.8) is 0 Å². The van der Waals surface area contributed by atoms with Crippen molar-refractivity contribution in [1.82, 2.24) is 15.1 Å². The van der Waals surface area contributed by atoms with Crippen molar-refractivity contribution in [1.29, 1.82) is 0 Å². The van der Waals surface area contributed by atoms with Crippen LogP contribution in [0.25, 0.3) is 16.9 Å². The third kappa shape index (κ3) is 5.63. The molecule has 1 aromatic heterocycles. The first-order chi connectivity index (χ1) is 15.6. The van der Waals surface area contributed by atoms with E-state index in [1.54, 1.807) is 4.68 Å². The first-order valence-corrected chi connectivity index (χ1v) is 11.4. The second-order valence-corrected chi connectivity index (χ2v) is 8.48. The topological polar surface area (TPSA) is 76.0 Å². The molecule has 0 saturated heterocycles. The van der Waals surface area contributed by atoms with Crippen LogP contribution in [0, 0.1) is 6.92 Å². The molecule has 1 aliphatic rings. The van der Waals surface area contributed by atoms with Crippen LogP contribution < -0.4 is 10.6 Å². The van der Waals surface area contributed by atoms with Gasteiger partial charge in [0.05, 0.1) is 11.4 Å². The van der Waals surface area contributed by atoms with Gasteiger partial charge in [-0.1, -0.05) is 67.3 Å². The van der Waals surface area contributed by atoms with Crippen LogP contribution in [0.2, 0.25) is 0 Å². The van der Waals surface area contributed by atoms with Crippen LogP contribution in [0.1, 0.15) is 50.5 Å². The molecule has 0 aliphatic heterocycles. The largest absolute Gasteiger partial charge is 0.353 e. The number of amides is 2. The van der Waals surface area contributed by atoms with Crippen molar-refractivity contribution in [2.24, 2.45) is 0 Å². The smallest absolute Gasteiger partial charge is 0.226 e. The molecule has 1 heterocycles. The van der Waals surface area contributed by atoms with Gasteiger partial charge in [-0.05, 0) is 31.9 Å². The van der Waals surface area contributed by atoms with Crippen LogP contribution >= 0.6 is 0 Å². The summed E-state index contributed by atoms with van der Waals surface area (Å²) in [5, 5.41) is 10.8. The monoisotopic (exact) mass is 430 g/mol. The van der Waals surface area contributed by atoms with E-state index in [0.717, 1.165) is 48.2 Å². The Kier molecular flexibility index (Phi) is 7.00. The van der Waals surface area contributed by atoms with E-state index in [1.165, 1.54) is 6.42 Å². The summed E-state index contributed by atoms with van der Waals surface area (Å²) in [5.41, 5.74) is 3.76. The van der Waals surface area contributed by atoms with Gasteiger partial charge < -0.3 is 10.6 Å². The van der Waals surface area contributed by atoms with Gasteiger partial charge in [0.1, 0.15) is 5.82 Å². The lowest BCUT2D eigenvalue weighted by Gasteiger charge is -2.22. The molecule has 0 spiro atoms. The maximum atomic E-state index is 12.7. The number of carbonyl (C=O) groups excluding carboxylic acids is 2. The zero-order chi connectivity index (χ0) is 22.3. The van der Waals surface area contributed by atoms with Gasteiger partial charge in [0.2, 0.25) is 11.8 Å². The van der Waals surface area contributed by atoms with Gasteiger partial charge in [-0.3, -0.25) is 9.59 Å². The number of anilines is 1. The van der Waals surface area contributed by atoms with Crippen molar-refractivity contribution in [2.45, 2.75) is 57.9 Å². The summed E-state index contributed by atoms with van der Waals surface area (Å²) < 4.78 is 1.74. The summed E-state index contributed by atoms with van der Waals surface area (Å²) in [6.07, 6.45) is 5.97. The minimum Gasteiger partial charge on any atom is -0.353 e. The number of aromatic nitrogens is 2. The Morgan fingerprint density at radius 3 is 2.34 bits per heavy atom. The molecule has 0 atom stereocenters. The third-order valence-electron chi connectivity index (χ3n) is 5.87. The van der Waals surface area contributed by atoms with E-state index in [1.807, 2.05) is 67.6 Å². The Morgan fingerprint density at radius 1 is 0.938 bits per heavy atom. The van der Waals surface area contributed by atoms with E-state index in [-0.39, 0.29) is 30.7 Å². The molecule has 3 aromatic rings. The van der Waals surface area contributed by atoms with Crippen molar-refractivity contribution in [3.8, 4) is 16.9 Å². The summed E-state index contributed by atoms with van der Waals surface area (Å²) in [6.45, 7) is 2.03. The zero-order valence-electron chi connectivity index (χ0n) is 18.5. The standard InChI is InChI=1S/C26H30N4O2/c1-19-12-14-22(15-13-19)30-24(18-23(29-30)20-8-4-2-5-9-20)28-26(32)17-16-25(31)27-21-10-6-3-7-11-21/h2,4-5,8-9,12-15,18,21H,3,6-7,10-11,16-17H2,1H3,(H,27,31)(H,28,32). The Morgan fingerprint density at radius 2 is 1.62 bits per heavy atom. The molecule has 0 unspecified atom stereocenters. The quantitative estimate of drug-likeness (QED) is 0.553. The molecule has 4 rings (SSSR count). The van der Waals surface area contributed by atoms with E-state index < -0.39 is 0 Å². The molecule has 2 amide bonds. The zero-order valence-corrected chi connectivity index (χ0v) is 18.5. The molecule has 6 nitrogen and oxygen atoms in total. The van der Waals surface area contributed by atoms with Crippen molar-refractivity contribution >= 4 is 17.6 Å². The van der Waals surface area contributed by atoms with E-state index in [4.69, 9.17) is 5.10 Å². The molecule has 166 valence electrons. The summed E-state index contributed by atoms with van der Waals surface area (Å²) >= 11 is 0. The highest BCUT2D eigenvalue weighted by Gasteiger charge is 2.18. The number of benzene rings is 2. The Bertz CT molecular complexity index is 1050. The Labute approximate surface area is 189 Å². The molecule has 0 radical (unpaired) electrons. The highest BCUT2D eigenvalue weighted by atomic mass is 16.2. The number of aryl methyl sites for hydroxylation is 1. The molecular formula is C26H30N4O2. The van der Waals surface area contributed by atoms with E-state index in [9.17, 15) is 9.59 Å². The molecule has 2 aromatic carbocycles. The molecule has 1 saturated carbocycles. The fourth-order valence-corrected chi connectivity index (χ4v) is 4.08. The molecule has 6 heteroatoms. The fourth-order valence-electron chi connectivity index (χ4n) is 4.08. The minimum atomic E-state index is -0.198. The predicted molar refractivity (Wildman–Crippen MR) is 127 cm³/mol. The van der Waals surface area contributed by atoms with Crippen molar-refractivity contribution in [2.75, 3.05) is 5.32 Å². The average molecular weight is 431 g/mol. The average Bonchev–Trinajstić information content (AvgIpc) is 3.23. The second kappa shape index (κ2) is 10.3. The second-order valence-electron chi connectivity index (χ2n) is 8.48. The van der Waals surface area contributed by atoms with Crippen LogP contribution in [-0.4, -0.2) is 27.6 Å². The first kappa shape index (κ1) is 21.8. The van der Waals surface area contributed by atoms with Gasteiger partial charge in [-0.15, -0.1) is 0 Å². The van der Waals surface area contributed by atoms with E-state index in [0.29, 0.717) is 5.82 Å². The lowest BCUT2D eigenvalue weighted by Crippen LogP contribution is -2.36. The number of carbonyl (C=O) groups is 2. The minimum absolute atomic E-state index is 0.0518. The third-order valence-corrected chi connectivity index (χ3v) is 5.87. The summed E-state index contributed by atoms with van der Waals surface area (Å²) in [5.74, 6) is 0.339. The fraction of sp³-hybridized carbons (Fsp3) is 0.346. The molecular weight excluding hydrogens is 400 g/mol. The molecule has 1 aliphatic carbocycles. The van der Waals surface area contributed by atoms with Crippen LogP contribution in [0.4, 0.5) is 5.82 Å². The van der Waals surface area contributed by atoms with E-state index >= 15 is 0 Å². The Balaban J connectivity index is 1.45. The highest BCUT2D eigenvalue weighted by molar-refractivity contribution is 5.93. The maximum Gasteiger partial charge on any atom is 0.226 e. The molecule has 1 fully saturated rings. The van der Waals surface area contributed by atoms with Crippen LogP contribution in [-0.2, 0) is 9.59 Å². The van der Waals surface area contributed by atoms with Gasteiger partial charge in [0.25, 0.3) is 0 Å². The van der Waals surface area contributed by atoms with Gasteiger partial charge in [-0.25, -0.2) is 4.68 Å². The lowest BCUT2D eigenvalue weighted by atomic mass is 9.95. The van der Waals surface area contributed by atoms with Crippen LogP contribution in [0.3, 0.4) is 0 Å². The number of nitrogens with one attached hydrogen (secondary N) is 2. The Hall–Kier alpha value is -3.41. The maximum absolute atomic E-state index is 12.7. The summed E-state index contributed by atoms with van der Waals surface area (Å²) in [6, 6.07) is 20.0. The molecule has 32 heavy (non-hydrogen) atoms. The number of hydrogen-bond acceptors (Lipinski definition) is 3. The predicted octanol–water partition coefficient (Wildman–Crippen LogP) is 5.02. The summed E-state index contributed by atoms with van der Waals surface area (Å²) in [7, 11) is 0. The van der Waals surface area contributed by atoms with Crippen LogP contribution in [0.15, 0.2) is 60.7 Å². The van der Waals surface area contributed by atoms with E-state index in [2.05, 4.69) is 10.6 Å². The van der Waals surface area contributed by atoms with Crippen molar-refractivity contribution < 1.29 is 9.59 Å². The van der Waals surface area contributed by atoms with Gasteiger partial charge in [0.15, 0.2) is 0 Å². The SMILES string of the molecule is Cc1ccc(-n2nc(-c3ccccc3)cc2NC(=O)CCC(=O)NC2CCCCC2)cc1. The number of hydrogen-bond donors (Lipinski definition) is 2. The first-order valence-electron chi connectivity index (χ1n) is 11.4. The normalized spacial score (nSPS) is 14.2. The van der Waals surface area contributed by atoms with Gasteiger partial charge in [-0.2, -0.15) is 5.10 Å². The van der Waals surface area contributed by atoms with Crippen LogP contribution in [0.5, 0.6) is 0 Å². The number of rotatable bonds is 7.